The SMILES string of the molecule is CC1CCC(N=C=O)C(C)(C)C1. The Hall–Kier alpha value is -0.620. The zero-order chi connectivity index (χ0) is 9.19. The highest BCUT2D eigenvalue weighted by atomic mass is 16.1. The van der Waals surface area contributed by atoms with Gasteiger partial charge in [0.15, 0.2) is 0 Å². The molecule has 1 aliphatic carbocycles. The number of hydrogen-bond acceptors (Lipinski definition) is 2. The van der Waals surface area contributed by atoms with E-state index in [1.165, 1.54) is 12.8 Å². The highest BCUT2D eigenvalue weighted by Gasteiger charge is 2.34. The van der Waals surface area contributed by atoms with Crippen molar-refractivity contribution in [2.45, 2.75) is 46.1 Å². The van der Waals surface area contributed by atoms with Gasteiger partial charge >= 0.3 is 0 Å². The zero-order valence-corrected chi connectivity index (χ0v) is 8.13. The van der Waals surface area contributed by atoms with Crippen LogP contribution in [0.3, 0.4) is 0 Å². The Kier molecular flexibility index (Phi) is 2.69. The molecule has 0 radical (unpaired) electrons. The molecule has 0 bridgehead atoms. The smallest absolute Gasteiger partial charge is 0.211 e. The molecule has 2 unspecified atom stereocenters. The molecule has 0 heterocycles. The minimum Gasteiger partial charge on any atom is -0.211 e. The molecule has 0 N–H and O–H groups in total. The van der Waals surface area contributed by atoms with E-state index in [1.807, 2.05) is 0 Å². The summed E-state index contributed by atoms with van der Waals surface area (Å²) in [6, 6.07) is 0.200. The third-order valence-corrected chi connectivity index (χ3v) is 2.92. The second-order valence-corrected chi connectivity index (χ2v) is 4.61. The fourth-order valence-electron chi connectivity index (χ4n) is 2.27. The molecule has 0 spiro atoms. The lowest BCUT2D eigenvalue weighted by molar-refractivity contribution is 0.158. The van der Waals surface area contributed by atoms with Crippen molar-refractivity contribution >= 4 is 6.08 Å². The van der Waals surface area contributed by atoms with Gasteiger partial charge in [-0.25, -0.2) is 9.79 Å². The van der Waals surface area contributed by atoms with Crippen molar-refractivity contribution in [3.05, 3.63) is 0 Å². The van der Waals surface area contributed by atoms with Gasteiger partial charge in [-0.3, -0.25) is 0 Å². The zero-order valence-electron chi connectivity index (χ0n) is 8.13. The molecule has 2 nitrogen and oxygen atoms in total. The molecule has 0 aromatic rings. The third kappa shape index (κ3) is 1.95. The van der Waals surface area contributed by atoms with E-state index in [2.05, 4.69) is 25.8 Å². The Labute approximate surface area is 74.1 Å². The molecule has 68 valence electrons. The molecule has 0 aliphatic heterocycles. The maximum absolute atomic E-state index is 10.2. The van der Waals surface area contributed by atoms with Gasteiger partial charge in [0.1, 0.15) is 0 Å². The quantitative estimate of drug-likeness (QED) is 0.436. The van der Waals surface area contributed by atoms with Crippen LogP contribution in [0.5, 0.6) is 0 Å². The van der Waals surface area contributed by atoms with Crippen LogP contribution < -0.4 is 0 Å². The summed E-state index contributed by atoms with van der Waals surface area (Å²) in [5, 5.41) is 0. The Balaban J connectivity index is 2.70. The Morgan fingerprint density at radius 1 is 1.42 bits per heavy atom. The number of rotatable bonds is 1. The summed E-state index contributed by atoms with van der Waals surface area (Å²) in [4.78, 5) is 14.0. The molecule has 2 heteroatoms. The maximum Gasteiger partial charge on any atom is 0.235 e. The minimum absolute atomic E-state index is 0.190. The van der Waals surface area contributed by atoms with E-state index < -0.39 is 0 Å². The van der Waals surface area contributed by atoms with Gasteiger partial charge in [-0.15, -0.1) is 0 Å². The summed E-state index contributed by atoms with van der Waals surface area (Å²) in [5.74, 6) is 0.776. The van der Waals surface area contributed by atoms with Crippen LogP contribution in [-0.2, 0) is 4.79 Å². The number of isocyanates is 1. The van der Waals surface area contributed by atoms with Gasteiger partial charge in [0, 0.05) is 0 Å². The lowest BCUT2D eigenvalue weighted by Gasteiger charge is -2.38. The maximum atomic E-state index is 10.2. The first-order valence-electron chi connectivity index (χ1n) is 4.63. The molecule has 1 aliphatic rings. The van der Waals surface area contributed by atoms with Crippen molar-refractivity contribution < 1.29 is 4.79 Å². The third-order valence-electron chi connectivity index (χ3n) is 2.92. The molecule has 1 fully saturated rings. The Bertz CT molecular complexity index is 204. The van der Waals surface area contributed by atoms with Crippen molar-refractivity contribution in [1.82, 2.24) is 0 Å². The number of hydrogen-bond donors (Lipinski definition) is 0. The van der Waals surface area contributed by atoms with Crippen LogP contribution in [0.4, 0.5) is 0 Å². The topological polar surface area (TPSA) is 29.4 Å². The monoisotopic (exact) mass is 167 g/mol. The number of nitrogens with zero attached hydrogens (tertiary/aromatic N) is 1. The molecule has 2 atom stereocenters. The van der Waals surface area contributed by atoms with E-state index in [0.717, 1.165) is 12.3 Å². The van der Waals surface area contributed by atoms with Crippen molar-refractivity contribution in [1.29, 1.82) is 0 Å². The highest BCUT2D eigenvalue weighted by Crippen LogP contribution is 2.40. The van der Waals surface area contributed by atoms with Crippen LogP contribution in [0.15, 0.2) is 4.99 Å². The van der Waals surface area contributed by atoms with Crippen LogP contribution in [0.2, 0.25) is 0 Å². The highest BCUT2D eigenvalue weighted by molar-refractivity contribution is 5.34. The standard InChI is InChI=1S/C10H17NO/c1-8-4-5-9(11-7-12)10(2,3)6-8/h8-9H,4-6H2,1-3H3. The molecule has 0 aromatic carbocycles. The van der Waals surface area contributed by atoms with Gasteiger partial charge in [0.25, 0.3) is 0 Å². The Morgan fingerprint density at radius 2 is 2.08 bits per heavy atom. The number of aliphatic imine (C=N–C) groups is 1. The predicted molar refractivity (Wildman–Crippen MR) is 48.7 cm³/mol. The van der Waals surface area contributed by atoms with Crippen molar-refractivity contribution in [2.24, 2.45) is 16.3 Å². The largest absolute Gasteiger partial charge is 0.235 e. The molecule has 0 saturated heterocycles. The van der Waals surface area contributed by atoms with Gasteiger partial charge in [-0.1, -0.05) is 20.8 Å². The van der Waals surface area contributed by atoms with Crippen LogP contribution in [0.1, 0.15) is 40.0 Å². The van der Waals surface area contributed by atoms with Gasteiger partial charge < -0.3 is 0 Å². The van der Waals surface area contributed by atoms with E-state index in [9.17, 15) is 4.79 Å². The Morgan fingerprint density at radius 3 is 2.58 bits per heavy atom. The van der Waals surface area contributed by atoms with Crippen LogP contribution in [0.25, 0.3) is 0 Å². The summed E-state index contributed by atoms with van der Waals surface area (Å²) < 4.78 is 0. The average molecular weight is 167 g/mol. The summed E-state index contributed by atoms with van der Waals surface area (Å²) in [6.07, 6.45) is 5.09. The van der Waals surface area contributed by atoms with Crippen LogP contribution in [-0.4, -0.2) is 12.1 Å². The summed E-state index contributed by atoms with van der Waals surface area (Å²) in [6.45, 7) is 6.64. The van der Waals surface area contributed by atoms with Crippen LogP contribution >= 0.6 is 0 Å². The number of carbonyl (C=O) groups excluding carboxylic acids is 1. The molecule has 1 rings (SSSR count). The fraction of sp³-hybridized carbons (Fsp3) is 0.900. The summed E-state index contributed by atoms with van der Waals surface area (Å²) in [7, 11) is 0. The summed E-state index contributed by atoms with van der Waals surface area (Å²) in [5.41, 5.74) is 0.190. The first-order chi connectivity index (χ1) is 5.56. The van der Waals surface area contributed by atoms with E-state index in [1.54, 1.807) is 6.08 Å². The molecule has 12 heavy (non-hydrogen) atoms. The lowest BCUT2D eigenvalue weighted by atomic mass is 9.69. The minimum atomic E-state index is 0.190. The van der Waals surface area contributed by atoms with Gasteiger partial charge in [0.05, 0.1) is 6.04 Å². The van der Waals surface area contributed by atoms with E-state index in [0.29, 0.717) is 0 Å². The van der Waals surface area contributed by atoms with Crippen LogP contribution in [0, 0.1) is 11.3 Å². The molecule has 1 saturated carbocycles. The van der Waals surface area contributed by atoms with Gasteiger partial charge in [-0.05, 0) is 30.6 Å². The summed E-state index contributed by atoms with van der Waals surface area (Å²) >= 11 is 0. The average Bonchev–Trinajstić information content (AvgIpc) is 1.94. The predicted octanol–water partition coefficient (Wildman–Crippen LogP) is 2.54. The van der Waals surface area contributed by atoms with Crippen molar-refractivity contribution in [2.75, 3.05) is 0 Å². The normalized spacial score (nSPS) is 33.9. The molecular formula is C10H17NO. The molecular weight excluding hydrogens is 150 g/mol. The van der Waals surface area contributed by atoms with Gasteiger partial charge in [-0.2, -0.15) is 0 Å². The van der Waals surface area contributed by atoms with E-state index in [-0.39, 0.29) is 11.5 Å². The second kappa shape index (κ2) is 3.40. The molecule has 0 aromatic heterocycles. The second-order valence-electron chi connectivity index (χ2n) is 4.61. The van der Waals surface area contributed by atoms with Crippen molar-refractivity contribution in [3.8, 4) is 0 Å². The lowest BCUT2D eigenvalue weighted by Crippen LogP contribution is -2.34. The first kappa shape index (κ1) is 9.47. The fourth-order valence-corrected chi connectivity index (χ4v) is 2.27. The van der Waals surface area contributed by atoms with E-state index in [4.69, 9.17) is 0 Å². The van der Waals surface area contributed by atoms with E-state index >= 15 is 0 Å². The van der Waals surface area contributed by atoms with Crippen molar-refractivity contribution in [3.63, 3.8) is 0 Å². The van der Waals surface area contributed by atoms with Gasteiger partial charge in [0.2, 0.25) is 6.08 Å². The molecule has 0 amide bonds. The first-order valence-corrected chi connectivity index (χ1v) is 4.63.